The molecule has 1 atom stereocenters. The van der Waals surface area contributed by atoms with Crippen molar-refractivity contribution in [1.82, 2.24) is 5.06 Å². The summed E-state index contributed by atoms with van der Waals surface area (Å²) in [7, 11) is 0. The number of hydrogen-bond acceptors (Lipinski definition) is 6. The quantitative estimate of drug-likeness (QED) is 0.594. The van der Waals surface area contributed by atoms with Gasteiger partial charge in [0, 0.05) is 26.6 Å². The lowest BCUT2D eigenvalue weighted by Gasteiger charge is -2.33. The van der Waals surface area contributed by atoms with Gasteiger partial charge in [0.2, 0.25) is 5.91 Å². The molecule has 9 heteroatoms. The van der Waals surface area contributed by atoms with E-state index in [1.165, 1.54) is 17.9 Å². The van der Waals surface area contributed by atoms with Crippen LogP contribution in [0.15, 0.2) is 18.2 Å². The number of hydroxylamine groups is 2. The van der Waals surface area contributed by atoms with Gasteiger partial charge in [-0.05, 0) is 37.0 Å². The summed E-state index contributed by atoms with van der Waals surface area (Å²) in [6.07, 6.45) is 0.288. The number of nitrogens with zero attached hydrogens (tertiary/aromatic N) is 3. The normalized spacial score (nSPS) is 20.7. The molecule has 2 fully saturated rings. The van der Waals surface area contributed by atoms with Crippen molar-refractivity contribution < 1.29 is 29.0 Å². The summed E-state index contributed by atoms with van der Waals surface area (Å²) in [5, 5.41) is 19.2. The summed E-state index contributed by atoms with van der Waals surface area (Å²) < 4.78 is 19.8. The fourth-order valence-electron chi connectivity index (χ4n) is 3.43. The number of cyclic esters (lactones) is 1. The zero-order valence-corrected chi connectivity index (χ0v) is 15.2. The molecule has 1 aromatic rings. The highest BCUT2D eigenvalue weighted by atomic mass is 19.1. The fourth-order valence-corrected chi connectivity index (χ4v) is 3.43. The van der Waals surface area contributed by atoms with Crippen LogP contribution in [0.3, 0.4) is 0 Å². The molecule has 2 N–H and O–H groups in total. The van der Waals surface area contributed by atoms with E-state index in [-0.39, 0.29) is 25.6 Å². The van der Waals surface area contributed by atoms with E-state index < -0.39 is 23.9 Å². The van der Waals surface area contributed by atoms with Crippen LogP contribution in [0.5, 0.6) is 0 Å². The van der Waals surface area contributed by atoms with Crippen LogP contribution in [0, 0.1) is 11.7 Å². The Morgan fingerprint density at radius 2 is 2.07 bits per heavy atom. The molecular formula is C18H24FN3O5. The molecule has 2 aliphatic rings. The van der Waals surface area contributed by atoms with E-state index >= 15 is 0 Å². The van der Waals surface area contributed by atoms with E-state index in [9.17, 15) is 24.3 Å². The Hall–Kier alpha value is -2.39. The number of rotatable bonds is 5. The Labute approximate surface area is 156 Å². The highest BCUT2D eigenvalue weighted by Crippen LogP contribution is 2.30. The number of hydrogen-bond donors (Lipinski definition) is 2. The largest absolute Gasteiger partial charge is 0.442 e. The van der Waals surface area contributed by atoms with E-state index in [2.05, 4.69) is 0 Å². The van der Waals surface area contributed by atoms with Crippen molar-refractivity contribution in [1.29, 1.82) is 0 Å². The highest BCUT2D eigenvalue weighted by Gasteiger charge is 2.34. The lowest BCUT2D eigenvalue weighted by atomic mass is 9.97. The molecule has 0 bridgehead atoms. The van der Waals surface area contributed by atoms with Crippen LogP contribution in [-0.4, -0.2) is 66.3 Å². The Bertz CT molecular complexity index is 708. The van der Waals surface area contributed by atoms with Crippen molar-refractivity contribution in [2.75, 3.05) is 42.6 Å². The minimum atomic E-state index is -0.688. The van der Waals surface area contributed by atoms with Crippen molar-refractivity contribution in [3.8, 4) is 0 Å². The highest BCUT2D eigenvalue weighted by molar-refractivity contribution is 5.90. The van der Waals surface area contributed by atoms with E-state index in [1.54, 1.807) is 12.1 Å². The van der Waals surface area contributed by atoms with Crippen LogP contribution in [-0.2, 0) is 9.53 Å². The number of anilines is 2. The number of halogens is 1. The van der Waals surface area contributed by atoms with Gasteiger partial charge in [-0.1, -0.05) is 0 Å². The van der Waals surface area contributed by atoms with Gasteiger partial charge in [-0.2, -0.15) is 0 Å². The van der Waals surface area contributed by atoms with Crippen LogP contribution >= 0.6 is 0 Å². The molecule has 1 unspecified atom stereocenters. The second-order valence-corrected chi connectivity index (χ2v) is 6.97. The molecule has 27 heavy (non-hydrogen) atoms. The predicted octanol–water partition coefficient (Wildman–Crippen LogP) is 1.60. The van der Waals surface area contributed by atoms with Crippen molar-refractivity contribution >= 4 is 23.4 Å². The van der Waals surface area contributed by atoms with Gasteiger partial charge in [0.05, 0.1) is 24.5 Å². The topological polar surface area (TPSA) is 93.6 Å². The molecule has 2 aliphatic heterocycles. The Morgan fingerprint density at radius 1 is 1.37 bits per heavy atom. The number of aliphatic hydroxyl groups excluding tert-OH is 1. The van der Waals surface area contributed by atoms with Gasteiger partial charge in [0.1, 0.15) is 11.9 Å². The molecule has 1 aromatic carbocycles. The molecule has 148 valence electrons. The molecule has 0 saturated carbocycles. The van der Waals surface area contributed by atoms with Crippen LogP contribution < -0.4 is 9.80 Å². The summed E-state index contributed by atoms with van der Waals surface area (Å²) in [6.45, 7) is 2.68. The first-order valence-electron chi connectivity index (χ1n) is 8.99. The minimum absolute atomic E-state index is 0.115. The molecular weight excluding hydrogens is 357 g/mol. The molecule has 2 saturated heterocycles. The fraction of sp³-hybridized carbons (Fsp3) is 0.556. The third-order valence-electron chi connectivity index (χ3n) is 5.07. The molecule has 0 spiro atoms. The Balaban J connectivity index is 1.67. The lowest BCUT2D eigenvalue weighted by molar-refractivity contribution is -0.166. The third-order valence-corrected chi connectivity index (χ3v) is 5.07. The zero-order chi connectivity index (χ0) is 19.6. The predicted molar refractivity (Wildman–Crippen MR) is 95.2 cm³/mol. The van der Waals surface area contributed by atoms with Gasteiger partial charge in [0.25, 0.3) is 0 Å². The number of carbonyl (C=O) groups is 2. The zero-order valence-electron chi connectivity index (χ0n) is 15.2. The van der Waals surface area contributed by atoms with Crippen molar-refractivity contribution in [2.24, 2.45) is 5.92 Å². The van der Waals surface area contributed by atoms with E-state index in [0.29, 0.717) is 29.5 Å². The molecule has 0 radical (unpaired) electrons. The second-order valence-electron chi connectivity index (χ2n) is 6.97. The third kappa shape index (κ3) is 4.30. The molecule has 2 amide bonds. The first kappa shape index (κ1) is 19.4. The summed E-state index contributed by atoms with van der Waals surface area (Å²) >= 11 is 0. The second kappa shape index (κ2) is 8.10. The lowest BCUT2D eigenvalue weighted by Crippen LogP contribution is -2.36. The summed E-state index contributed by atoms with van der Waals surface area (Å²) in [4.78, 5) is 26.4. The molecule has 8 nitrogen and oxygen atoms in total. The van der Waals surface area contributed by atoms with Crippen LogP contribution in [0.2, 0.25) is 0 Å². The van der Waals surface area contributed by atoms with E-state index in [0.717, 1.165) is 12.8 Å². The van der Waals surface area contributed by atoms with Crippen molar-refractivity contribution in [3.63, 3.8) is 0 Å². The van der Waals surface area contributed by atoms with Crippen LogP contribution in [0.25, 0.3) is 0 Å². The number of benzene rings is 1. The number of piperidine rings is 1. The summed E-state index contributed by atoms with van der Waals surface area (Å²) in [5.41, 5.74) is 0.832. The Morgan fingerprint density at radius 3 is 2.67 bits per heavy atom. The average Bonchev–Trinajstić information content (AvgIpc) is 3.01. The molecule has 2 heterocycles. The van der Waals surface area contributed by atoms with Crippen LogP contribution in [0.1, 0.15) is 19.8 Å². The van der Waals surface area contributed by atoms with Crippen molar-refractivity contribution in [2.45, 2.75) is 25.9 Å². The van der Waals surface area contributed by atoms with Crippen molar-refractivity contribution in [3.05, 3.63) is 24.0 Å². The summed E-state index contributed by atoms with van der Waals surface area (Å²) in [6, 6.07) is 4.58. The van der Waals surface area contributed by atoms with E-state index in [1.807, 2.05) is 4.90 Å². The maximum absolute atomic E-state index is 14.6. The number of ether oxygens (including phenoxy) is 1. The molecule has 0 aromatic heterocycles. The number of carbonyl (C=O) groups excluding carboxylic acids is 2. The Kier molecular flexibility index (Phi) is 5.81. The molecule has 0 aliphatic carbocycles. The van der Waals surface area contributed by atoms with Gasteiger partial charge in [-0.15, -0.1) is 0 Å². The minimum Gasteiger partial charge on any atom is -0.442 e. The maximum Gasteiger partial charge on any atom is 0.414 e. The smallest absolute Gasteiger partial charge is 0.414 e. The van der Waals surface area contributed by atoms with E-state index in [4.69, 9.17) is 4.74 Å². The first-order valence-corrected chi connectivity index (χ1v) is 8.99. The van der Waals surface area contributed by atoms with Gasteiger partial charge >= 0.3 is 6.09 Å². The number of aliphatic hydroxyl groups is 1. The standard InChI is InChI=1S/C18H24FN3O5/c1-12(24)22(26)10-15-9-21(18(25)27-15)14-2-3-17(16(19)8-14)20-6-4-13(11-23)5-7-20/h2-3,8,13,15,23,26H,4-7,9-11H2,1H3. The maximum atomic E-state index is 14.6. The number of amides is 2. The first-order chi connectivity index (χ1) is 12.9. The SMILES string of the molecule is CC(=O)N(O)CC1CN(c2ccc(N3CCC(CO)CC3)c(F)c2)C(=O)O1. The molecule has 3 rings (SSSR count). The summed E-state index contributed by atoms with van der Waals surface area (Å²) in [5.74, 6) is -0.718. The van der Waals surface area contributed by atoms with Crippen LogP contribution in [0.4, 0.5) is 20.6 Å². The average molecular weight is 381 g/mol. The monoisotopic (exact) mass is 381 g/mol. The van der Waals surface area contributed by atoms with Gasteiger partial charge < -0.3 is 14.7 Å². The van der Waals surface area contributed by atoms with Gasteiger partial charge in [0.15, 0.2) is 0 Å². The van der Waals surface area contributed by atoms with Gasteiger partial charge in [-0.25, -0.2) is 14.2 Å². The van der Waals surface area contributed by atoms with Gasteiger partial charge in [-0.3, -0.25) is 14.9 Å².